The molecule has 0 spiro atoms. The molecule has 1 fully saturated rings. The van der Waals surface area contributed by atoms with Crippen molar-refractivity contribution in [1.82, 2.24) is 0 Å². The molecule has 1 saturated heterocycles. The van der Waals surface area contributed by atoms with Gasteiger partial charge in [-0.2, -0.15) is 0 Å². The molecule has 2 heterocycles. The van der Waals surface area contributed by atoms with Crippen LogP contribution in [0.1, 0.15) is 0 Å². The molecule has 12 heteroatoms. The monoisotopic (exact) mass is 462 g/mol. The van der Waals surface area contributed by atoms with Crippen LogP contribution in [0.25, 0.3) is 22.3 Å². The van der Waals surface area contributed by atoms with E-state index in [1.54, 1.807) is 0 Å². The Balaban J connectivity index is 1.87. The first-order chi connectivity index (χ1) is 15.6. The Kier molecular flexibility index (Phi) is 5.59. The molecular weight excluding hydrogens is 444 g/mol. The van der Waals surface area contributed by atoms with Gasteiger partial charge in [-0.3, -0.25) is 4.79 Å². The molecule has 0 amide bonds. The fourth-order valence-electron chi connectivity index (χ4n) is 3.39. The third-order valence-corrected chi connectivity index (χ3v) is 5.12. The van der Waals surface area contributed by atoms with Crippen molar-refractivity contribution < 1.29 is 54.4 Å². The predicted octanol–water partition coefficient (Wildman–Crippen LogP) is -0.152. The molecule has 1 unspecified atom stereocenters. The van der Waals surface area contributed by atoms with Gasteiger partial charge in [-0.1, -0.05) is 0 Å². The summed E-state index contributed by atoms with van der Waals surface area (Å²) < 4.78 is 16.2. The van der Waals surface area contributed by atoms with Crippen LogP contribution < -0.4 is 10.2 Å². The lowest BCUT2D eigenvalue weighted by molar-refractivity contribution is -0.271. The van der Waals surface area contributed by atoms with Crippen molar-refractivity contribution >= 4 is 16.9 Å². The Hall–Kier alpha value is -3.84. The average molecular weight is 462 g/mol. The summed E-state index contributed by atoms with van der Waals surface area (Å²) in [6.07, 6.45) is -9.78. The highest BCUT2D eigenvalue weighted by Crippen LogP contribution is 2.37. The lowest BCUT2D eigenvalue weighted by Crippen LogP contribution is -2.61. The van der Waals surface area contributed by atoms with Crippen LogP contribution in [0.15, 0.2) is 45.6 Å². The van der Waals surface area contributed by atoms with Crippen molar-refractivity contribution in [1.29, 1.82) is 0 Å². The Morgan fingerprint density at radius 3 is 2.30 bits per heavy atom. The standard InChI is InChI=1S/C21H18O12/c22-8-2-3-9-12(6-8)31-17(7-1-4-10(23)11(24)5-7)18(13(9)25)32-21-16(28)14(26)15(27)19(33-21)20(29)30/h1-6,14-16,19,21-24,26-28H,(H,29,30)/t14-,15-,16+,19-,21?/m0/s1. The molecule has 7 N–H and O–H groups in total. The maximum atomic E-state index is 13.2. The quantitative estimate of drug-likeness (QED) is 0.253. The zero-order chi connectivity index (χ0) is 24.0. The molecule has 0 bridgehead atoms. The Morgan fingerprint density at radius 1 is 0.909 bits per heavy atom. The fourth-order valence-corrected chi connectivity index (χ4v) is 3.39. The van der Waals surface area contributed by atoms with Gasteiger partial charge < -0.3 is 49.6 Å². The molecule has 0 radical (unpaired) electrons. The van der Waals surface area contributed by atoms with Crippen LogP contribution in [-0.4, -0.2) is 72.4 Å². The van der Waals surface area contributed by atoms with E-state index in [4.69, 9.17) is 13.9 Å². The Morgan fingerprint density at radius 2 is 1.64 bits per heavy atom. The Bertz CT molecular complexity index is 1280. The van der Waals surface area contributed by atoms with Crippen LogP contribution in [0.5, 0.6) is 23.0 Å². The van der Waals surface area contributed by atoms with E-state index in [1.807, 2.05) is 0 Å². The van der Waals surface area contributed by atoms with Crippen molar-refractivity contribution in [2.45, 2.75) is 30.7 Å². The van der Waals surface area contributed by atoms with Crippen LogP contribution >= 0.6 is 0 Å². The number of carboxylic acid groups (broad SMARTS) is 1. The average Bonchev–Trinajstić information content (AvgIpc) is 2.77. The summed E-state index contributed by atoms with van der Waals surface area (Å²) in [5, 5.41) is 68.5. The lowest BCUT2D eigenvalue weighted by atomic mass is 9.99. The largest absolute Gasteiger partial charge is 0.508 e. The lowest BCUT2D eigenvalue weighted by Gasteiger charge is -2.38. The zero-order valence-corrected chi connectivity index (χ0v) is 16.5. The van der Waals surface area contributed by atoms with Crippen molar-refractivity contribution in [2.24, 2.45) is 0 Å². The molecule has 3 aromatic rings. The third-order valence-electron chi connectivity index (χ3n) is 5.12. The predicted molar refractivity (Wildman–Crippen MR) is 108 cm³/mol. The van der Waals surface area contributed by atoms with Gasteiger partial charge in [-0.25, -0.2) is 4.79 Å². The summed E-state index contributed by atoms with van der Waals surface area (Å²) in [6, 6.07) is 7.02. The second-order valence-electron chi connectivity index (χ2n) is 7.33. The Labute approximate surface area is 183 Å². The molecular formula is C21H18O12. The number of benzene rings is 2. The first kappa shape index (κ1) is 22.4. The van der Waals surface area contributed by atoms with E-state index in [-0.39, 0.29) is 28.0 Å². The highest BCUT2D eigenvalue weighted by molar-refractivity contribution is 5.83. The molecule has 0 aliphatic carbocycles. The summed E-state index contributed by atoms with van der Waals surface area (Å²) in [5.41, 5.74) is -0.857. The number of hydrogen-bond acceptors (Lipinski definition) is 11. The SMILES string of the molecule is O=C(O)[C@H]1OC(Oc2c(-c3ccc(O)c(O)c3)oc3cc(O)ccc3c2=O)[C@H](O)[C@@H](O)[C@@H]1O. The summed E-state index contributed by atoms with van der Waals surface area (Å²) >= 11 is 0. The number of aliphatic carboxylic acids is 1. The summed E-state index contributed by atoms with van der Waals surface area (Å²) in [5.74, 6) is -3.80. The molecule has 1 aliphatic rings. The second-order valence-corrected chi connectivity index (χ2v) is 7.33. The third kappa shape index (κ3) is 3.91. The number of phenols is 3. The van der Waals surface area contributed by atoms with E-state index in [1.165, 1.54) is 18.2 Å². The fraction of sp³-hybridized carbons (Fsp3) is 0.238. The molecule has 1 aliphatic heterocycles. The number of carbonyl (C=O) groups is 1. The number of fused-ring (bicyclic) bond motifs is 1. The van der Waals surface area contributed by atoms with Gasteiger partial charge in [-0.15, -0.1) is 0 Å². The van der Waals surface area contributed by atoms with Gasteiger partial charge in [0.1, 0.15) is 29.6 Å². The molecule has 1 aromatic heterocycles. The van der Waals surface area contributed by atoms with Crippen molar-refractivity contribution in [2.75, 3.05) is 0 Å². The van der Waals surface area contributed by atoms with Gasteiger partial charge in [0, 0.05) is 11.6 Å². The molecule has 2 aromatic carbocycles. The van der Waals surface area contributed by atoms with E-state index < -0.39 is 59.4 Å². The maximum Gasteiger partial charge on any atom is 0.335 e. The van der Waals surface area contributed by atoms with Gasteiger partial charge in [0.25, 0.3) is 0 Å². The van der Waals surface area contributed by atoms with Crippen LogP contribution in [-0.2, 0) is 9.53 Å². The molecule has 5 atom stereocenters. The number of phenolic OH excluding ortho intramolecular Hbond substituents is 3. The number of aromatic hydroxyl groups is 3. The highest BCUT2D eigenvalue weighted by atomic mass is 16.7. The zero-order valence-electron chi connectivity index (χ0n) is 16.5. The number of aliphatic hydroxyl groups excluding tert-OH is 3. The molecule has 33 heavy (non-hydrogen) atoms. The number of ether oxygens (including phenoxy) is 2. The summed E-state index contributed by atoms with van der Waals surface area (Å²) in [6.45, 7) is 0. The van der Waals surface area contributed by atoms with Crippen molar-refractivity contribution in [3.63, 3.8) is 0 Å². The number of rotatable bonds is 4. The van der Waals surface area contributed by atoms with Gasteiger partial charge >= 0.3 is 5.97 Å². The first-order valence-electron chi connectivity index (χ1n) is 9.49. The van der Waals surface area contributed by atoms with Crippen molar-refractivity contribution in [3.05, 3.63) is 46.6 Å². The van der Waals surface area contributed by atoms with Gasteiger partial charge in [0.15, 0.2) is 23.4 Å². The van der Waals surface area contributed by atoms with Crippen LogP contribution in [0, 0.1) is 0 Å². The first-order valence-corrected chi connectivity index (χ1v) is 9.49. The smallest absolute Gasteiger partial charge is 0.335 e. The van der Waals surface area contributed by atoms with Gasteiger partial charge in [0.2, 0.25) is 17.5 Å². The summed E-state index contributed by atoms with van der Waals surface area (Å²) in [7, 11) is 0. The van der Waals surface area contributed by atoms with E-state index in [9.17, 15) is 45.3 Å². The van der Waals surface area contributed by atoms with E-state index >= 15 is 0 Å². The second kappa shape index (κ2) is 8.26. The highest BCUT2D eigenvalue weighted by Gasteiger charge is 2.48. The molecule has 12 nitrogen and oxygen atoms in total. The topological polar surface area (TPSA) is 207 Å². The van der Waals surface area contributed by atoms with Gasteiger partial charge in [-0.05, 0) is 30.3 Å². The van der Waals surface area contributed by atoms with Crippen molar-refractivity contribution in [3.8, 4) is 34.3 Å². The minimum absolute atomic E-state index is 0.0308. The van der Waals surface area contributed by atoms with Gasteiger partial charge in [0.05, 0.1) is 5.39 Å². The number of aliphatic hydroxyl groups is 3. The normalized spacial score (nSPS) is 25.1. The van der Waals surface area contributed by atoms with Crippen LogP contribution in [0.4, 0.5) is 0 Å². The molecule has 4 rings (SSSR count). The maximum absolute atomic E-state index is 13.2. The molecule has 0 saturated carbocycles. The van der Waals surface area contributed by atoms with E-state index in [0.717, 1.165) is 18.2 Å². The van der Waals surface area contributed by atoms with E-state index in [2.05, 4.69) is 0 Å². The summed E-state index contributed by atoms with van der Waals surface area (Å²) in [4.78, 5) is 24.5. The molecule has 174 valence electrons. The minimum atomic E-state index is -1.98. The number of carboxylic acids is 1. The van der Waals surface area contributed by atoms with E-state index in [0.29, 0.717) is 0 Å². The number of hydrogen-bond donors (Lipinski definition) is 7. The van der Waals surface area contributed by atoms with Crippen LogP contribution in [0.3, 0.4) is 0 Å². The minimum Gasteiger partial charge on any atom is -0.508 e. The van der Waals surface area contributed by atoms with Crippen LogP contribution in [0.2, 0.25) is 0 Å².